The molecule has 122 valence electrons. The van der Waals surface area contributed by atoms with Crippen molar-refractivity contribution in [1.29, 1.82) is 0 Å². The number of carbonyl (C=O) groups excluding carboxylic acids is 1. The summed E-state index contributed by atoms with van der Waals surface area (Å²) in [6.45, 7) is 5.55. The molecule has 2 fully saturated rings. The van der Waals surface area contributed by atoms with Crippen LogP contribution in [0.3, 0.4) is 0 Å². The van der Waals surface area contributed by atoms with Gasteiger partial charge in [-0.25, -0.2) is 4.79 Å². The van der Waals surface area contributed by atoms with Crippen LogP contribution in [0, 0.1) is 5.92 Å². The standard InChI is InChI=1S/C15H24N4O3/c1-2-6-16-15(20)19-8-12(9-19)14-17-13(18-22-14)5-7-21-10-11-3-4-11/h11-12H,2-10H2,1H3,(H,16,20). The van der Waals surface area contributed by atoms with E-state index in [9.17, 15) is 4.79 Å². The zero-order valence-electron chi connectivity index (χ0n) is 13.1. The van der Waals surface area contributed by atoms with E-state index in [4.69, 9.17) is 9.26 Å². The Labute approximate surface area is 130 Å². The second-order valence-corrected chi connectivity index (χ2v) is 6.15. The van der Waals surface area contributed by atoms with E-state index in [1.807, 2.05) is 6.92 Å². The molecule has 1 aliphatic carbocycles. The normalized spacial score (nSPS) is 18.3. The highest BCUT2D eigenvalue weighted by Crippen LogP contribution is 2.29. The Bertz CT molecular complexity index is 495. The van der Waals surface area contributed by atoms with Crippen LogP contribution in [0.1, 0.15) is 43.8 Å². The monoisotopic (exact) mass is 308 g/mol. The quantitative estimate of drug-likeness (QED) is 0.737. The minimum atomic E-state index is -0.00804. The van der Waals surface area contributed by atoms with Crippen LogP contribution in [0.2, 0.25) is 0 Å². The topological polar surface area (TPSA) is 80.5 Å². The zero-order chi connectivity index (χ0) is 15.4. The summed E-state index contributed by atoms with van der Waals surface area (Å²) in [5.41, 5.74) is 0. The van der Waals surface area contributed by atoms with Crippen molar-refractivity contribution in [3.63, 3.8) is 0 Å². The molecule has 0 radical (unpaired) electrons. The maximum atomic E-state index is 11.7. The van der Waals surface area contributed by atoms with Gasteiger partial charge in [0.25, 0.3) is 0 Å². The molecule has 1 aromatic heterocycles. The lowest BCUT2D eigenvalue weighted by molar-refractivity contribution is 0.125. The van der Waals surface area contributed by atoms with E-state index in [0.717, 1.165) is 18.9 Å². The molecule has 2 amide bonds. The number of amides is 2. The Balaban J connectivity index is 1.36. The summed E-state index contributed by atoms with van der Waals surface area (Å²) >= 11 is 0. The first-order valence-electron chi connectivity index (χ1n) is 8.19. The molecule has 2 heterocycles. The third-order valence-electron chi connectivity index (χ3n) is 4.05. The van der Waals surface area contributed by atoms with Crippen LogP contribution in [0.5, 0.6) is 0 Å². The lowest BCUT2D eigenvalue weighted by Crippen LogP contribution is -2.52. The molecule has 7 nitrogen and oxygen atoms in total. The molecule has 3 rings (SSSR count). The van der Waals surface area contributed by atoms with Gasteiger partial charge >= 0.3 is 6.03 Å². The number of nitrogens with one attached hydrogen (secondary N) is 1. The van der Waals surface area contributed by atoms with Gasteiger partial charge in [0.15, 0.2) is 5.82 Å². The fraction of sp³-hybridized carbons (Fsp3) is 0.800. The average Bonchev–Trinajstić information content (AvgIpc) is 3.18. The van der Waals surface area contributed by atoms with Crippen molar-refractivity contribution in [1.82, 2.24) is 20.4 Å². The molecule has 7 heteroatoms. The van der Waals surface area contributed by atoms with E-state index in [1.54, 1.807) is 4.90 Å². The van der Waals surface area contributed by atoms with Gasteiger partial charge in [-0.1, -0.05) is 12.1 Å². The summed E-state index contributed by atoms with van der Waals surface area (Å²) in [6, 6.07) is -0.00804. The Morgan fingerprint density at radius 3 is 3.00 bits per heavy atom. The van der Waals surface area contributed by atoms with Gasteiger partial charge < -0.3 is 19.5 Å². The van der Waals surface area contributed by atoms with Gasteiger partial charge in [-0.3, -0.25) is 0 Å². The van der Waals surface area contributed by atoms with Gasteiger partial charge in [0.2, 0.25) is 5.89 Å². The van der Waals surface area contributed by atoms with Gasteiger partial charge in [-0.15, -0.1) is 0 Å². The molecule has 1 N–H and O–H groups in total. The summed E-state index contributed by atoms with van der Waals surface area (Å²) in [6.07, 6.45) is 4.23. The van der Waals surface area contributed by atoms with Gasteiger partial charge in [0, 0.05) is 32.7 Å². The Hall–Kier alpha value is -1.63. The molecule has 0 spiro atoms. The SMILES string of the molecule is CCCNC(=O)N1CC(c2nc(CCOCC3CC3)no2)C1. The third-order valence-corrected chi connectivity index (χ3v) is 4.05. The minimum Gasteiger partial charge on any atom is -0.381 e. The van der Waals surface area contributed by atoms with Crippen LogP contribution in [0.15, 0.2) is 4.52 Å². The van der Waals surface area contributed by atoms with E-state index >= 15 is 0 Å². The molecule has 1 aromatic rings. The van der Waals surface area contributed by atoms with Crippen molar-refractivity contribution in [3.05, 3.63) is 11.7 Å². The molecule has 0 unspecified atom stereocenters. The van der Waals surface area contributed by atoms with Crippen molar-refractivity contribution in [2.75, 3.05) is 32.8 Å². The summed E-state index contributed by atoms with van der Waals surface area (Å²) in [4.78, 5) is 17.9. The first-order chi connectivity index (χ1) is 10.8. The lowest BCUT2D eigenvalue weighted by atomic mass is 10.0. The summed E-state index contributed by atoms with van der Waals surface area (Å²) in [7, 11) is 0. The van der Waals surface area contributed by atoms with E-state index < -0.39 is 0 Å². The lowest BCUT2D eigenvalue weighted by Gasteiger charge is -2.36. The highest BCUT2D eigenvalue weighted by Gasteiger charge is 2.35. The Morgan fingerprint density at radius 1 is 1.45 bits per heavy atom. The summed E-state index contributed by atoms with van der Waals surface area (Å²) in [5.74, 6) is 2.28. The molecule has 0 bridgehead atoms. The number of likely N-dealkylation sites (tertiary alicyclic amines) is 1. The molecule has 1 saturated carbocycles. The smallest absolute Gasteiger partial charge is 0.317 e. The fourth-order valence-electron chi connectivity index (χ4n) is 2.38. The largest absolute Gasteiger partial charge is 0.381 e. The number of carbonyl (C=O) groups is 1. The van der Waals surface area contributed by atoms with Crippen LogP contribution in [0.4, 0.5) is 4.79 Å². The molecule has 1 saturated heterocycles. The third kappa shape index (κ3) is 3.97. The fourth-order valence-corrected chi connectivity index (χ4v) is 2.38. The molecule has 0 aromatic carbocycles. The molecular formula is C15H24N4O3. The van der Waals surface area contributed by atoms with Gasteiger partial charge in [0.05, 0.1) is 12.5 Å². The van der Waals surface area contributed by atoms with Crippen LogP contribution < -0.4 is 5.32 Å². The van der Waals surface area contributed by atoms with Gasteiger partial charge in [-0.05, 0) is 25.2 Å². The van der Waals surface area contributed by atoms with Crippen LogP contribution in [0.25, 0.3) is 0 Å². The van der Waals surface area contributed by atoms with Crippen molar-refractivity contribution in [3.8, 4) is 0 Å². The van der Waals surface area contributed by atoms with Crippen molar-refractivity contribution >= 4 is 6.03 Å². The number of nitrogens with zero attached hydrogens (tertiary/aromatic N) is 3. The highest BCUT2D eigenvalue weighted by atomic mass is 16.5. The van der Waals surface area contributed by atoms with Crippen molar-refractivity contribution in [2.24, 2.45) is 5.92 Å². The van der Waals surface area contributed by atoms with Crippen molar-refractivity contribution < 1.29 is 14.1 Å². The highest BCUT2D eigenvalue weighted by molar-refractivity contribution is 5.75. The second kappa shape index (κ2) is 7.09. The maximum Gasteiger partial charge on any atom is 0.317 e. The van der Waals surface area contributed by atoms with Crippen LogP contribution in [-0.2, 0) is 11.2 Å². The first kappa shape index (κ1) is 15.3. The van der Waals surface area contributed by atoms with Crippen LogP contribution >= 0.6 is 0 Å². The Kier molecular flexibility index (Phi) is 4.92. The average molecular weight is 308 g/mol. The Morgan fingerprint density at radius 2 is 2.27 bits per heavy atom. The summed E-state index contributed by atoms with van der Waals surface area (Å²) in [5, 5.41) is 6.85. The number of rotatable bonds is 8. The zero-order valence-corrected chi connectivity index (χ0v) is 13.1. The van der Waals surface area contributed by atoms with Crippen LogP contribution in [-0.4, -0.2) is 53.9 Å². The second-order valence-electron chi connectivity index (χ2n) is 6.15. The van der Waals surface area contributed by atoms with E-state index in [-0.39, 0.29) is 11.9 Å². The van der Waals surface area contributed by atoms with Gasteiger partial charge in [-0.2, -0.15) is 4.98 Å². The molecule has 1 aliphatic heterocycles. The molecular weight excluding hydrogens is 284 g/mol. The van der Waals surface area contributed by atoms with E-state index in [0.29, 0.717) is 44.4 Å². The number of aromatic nitrogens is 2. The predicted octanol–water partition coefficient (Wildman–Crippen LogP) is 1.56. The van der Waals surface area contributed by atoms with E-state index in [1.165, 1.54) is 12.8 Å². The number of hydrogen-bond acceptors (Lipinski definition) is 5. The first-order valence-corrected chi connectivity index (χ1v) is 8.19. The maximum absolute atomic E-state index is 11.7. The number of ether oxygens (including phenoxy) is 1. The number of urea groups is 1. The minimum absolute atomic E-state index is 0.00804. The molecule has 0 atom stereocenters. The van der Waals surface area contributed by atoms with Crippen molar-refractivity contribution in [2.45, 2.75) is 38.5 Å². The van der Waals surface area contributed by atoms with E-state index in [2.05, 4.69) is 15.5 Å². The predicted molar refractivity (Wildman–Crippen MR) is 79.5 cm³/mol. The number of hydrogen-bond donors (Lipinski definition) is 1. The van der Waals surface area contributed by atoms with Gasteiger partial charge in [0.1, 0.15) is 0 Å². The molecule has 2 aliphatic rings. The molecule has 22 heavy (non-hydrogen) atoms. The summed E-state index contributed by atoms with van der Waals surface area (Å²) < 4.78 is 10.9.